The van der Waals surface area contributed by atoms with Crippen molar-refractivity contribution < 1.29 is 18.0 Å². The van der Waals surface area contributed by atoms with Crippen molar-refractivity contribution in [2.75, 3.05) is 5.32 Å². The van der Waals surface area contributed by atoms with Gasteiger partial charge < -0.3 is 5.32 Å². The molecule has 0 bridgehead atoms. The van der Waals surface area contributed by atoms with Crippen molar-refractivity contribution in [3.8, 4) is 0 Å². The molecule has 0 aliphatic rings. The fourth-order valence-electron chi connectivity index (χ4n) is 2.35. The molecule has 2 aromatic heterocycles. The van der Waals surface area contributed by atoms with Crippen molar-refractivity contribution in [3.63, 3.8) is 0 Å². The molecule has 25 heavy (non-hydrogen) atoms. The third kappa shape index (κ3) is 3.30. The maximum atomic E-state index is 12.8. The Morgan fingerprint density at radius 1 is 1.08 bits per heavy atom. The Labute approximate surface area is 140 Å². The lowest BCUT2D eigenvalue weighted by atomic mass is 10.1. The minimum Gasteiger partial charge on any atom is -0.305 e. The van der Waals surface area contributed by atoms with Crippen molar-refractivity contribution in [3.05, 3.63) is 46.9 Å². The van der Waals surface area contributed by atoms with Gasteiger partial charge in [0.05, 0.1) is 22.4 Å². The van der Waals surface area contributed by atoms with Gasteiger partial charge in [-0.25, -0.2) is 9.97 Å². The van der Waals surface area contributed by atoms with Gasteiger partial charge in [0.15, 0.2) is 5.82 Å². The summed E-state index contributed by atoms with van der Waals surface area (Å²) in [6.07, 6.45) is -4.54. The number of nitrogens with one attached hydrogen (secondary N) is 1. The molecule has 3 aromatic rings. The summed E-state index contributed by atoms with van der Waals surface area (Å²) in [4.78, 5) is 21.0. The van der Waals surface area contributed by atoms with Gasteiger partial charge in [-0.2, -0.15) is 18.3 Å². The van der Waals surface area contributed by atoms with Crippen LogP contribution in [0.1, 0.15) is 27.4 Å². The highest BCUT2D eigenvalue weighted by atomic mass is 19.4. The van der Waals surface area contributed by atoms with Crippen molar-refractivity contribution in [1.29, 1.82) is 0 Å². The maximum absolute atomic E-state index is 12.8. The van der Waals surface area contributed by atoms with Gasteiger partial charge in [0.25, 0.3) is 5.91 Å². The molecule has 2 heterocycles. The number of hydrogen-bond donors (Lipinski definition) is 1. The Bertz CT molecular complexity index is 978. The second kappa shape index (κ2) is 5.83. The number of halogens is 3. The monoisotopic (exact) mass is 349 g/mol. The van der Waals surface area contributed by atoms with Gasteiger partial charge in [-0.05, 0) is 32.0 Å². The van der Waals surface area contributed by atoms with Gasteiger partial charge in [0.2, 0.25) is 0 Å². The summed E-state index contributed by atoms with van der Waals surface area (Å²) >= 11 is 0. The first-order valence-electron chi connectivity index (χ1n) is 7.33. The number of aromatic nitrogens is 4. The largest absolute Gasteiger partial charge is 0.433 e. The fourth-order valence-corrected chi connectivity index (χ4v) is 2.35. The van der Waals surface area contributed by atoms with E-state index in [2.05, 4.69) is 20.4 Å². The maximum Gasteiger partial charge on any atom is 0.433 e. The van der Waals surface area contributed by atoms with Crippen LogP contribution in [0.4, 0.5) is 19.0 Å². The summed E-state index contributed by atoms with van der Waals surface area (Å²) in [6.45, 7) is 3.64. The molecule has 9 heteroatoms. The van der Waals surface area contributed by atoms with E-state index in [0.29, 0.717) is 15.7 Å². The molecule has 0 atom stereocenters. The van der Waals surface area contributed by atoms with Crippen molar-refractivity contribution in [1.82, 2.24) is 19.7 Å². The Morgan fingerprint density at radius 3 is 2.32 bits per heavy atom. The van der Waals surface area contributed by atoms with Crippen LogP contribution >= 0.6 is 0 Å². The molecular weight excluding hydrogens is 335 g/mol. The Morgan fingerprint density at radius 2 is 1.72 bits per heavy atom. The van der Waals surface area contributed by atoms with E-state index in [9.17, 15) is 18.0 Å². The average Bonchev–Trinajstić information content (AvgIpc) is 2.88. The quantitative estimate of drug-likeness (QED) is 0.771. The zero-order valence-electron chi connectivity index (χ0n) is 13.6. The second-order valence-corrected chi connectivity index (χ2v) is 5.59. The Balaban J connectivity index is 1.89. The molecule has 0 saturated heterocycles. The molecule has 0 fully saturated rings. The summed E-state index contributed by atoms with van der Waals surface area (Å²) in [5, 5.41) is 6.03. The van der Waals surface area contributed by atoms with Gasteiger partial charge in [0.1, 0.15) is 5.69 Å². The second-order valence-electron chi connectivity index (χ2n) is 5.59. The van der Waals surface area contributed by atoms with Crippen LogP contribution < -0.4 is 5.32 Å². The van der Waals surface area contributed by atoms with E-state index in [0.717, 1.165) is 24.5 Å². The SMILES string of the molecule is Cc1nc2ccc(C(=O)Nc3cc(C(F)(F)F)n(C)n3)cc2nc1C. The van der Waals surface area contributed by atoms with Crippen LogP contribution in [0.25, 0.3) is 11.0 Å². The normalized spacial score (nSPS) is 11.8. The molecule has 0 radical (unpaired) electrons. The number of rotatable bonds is 2. The van der Waals surface area contributed by atoms with Gasteiger partial charge in [-0.15, -0.1) is 0 Å². The molecule has 6 nitrogen and oxygen atoms in total. The highest BCUT2D eigenvalue weighted by Gasteiger charge is 2.35. The summed E-state index contributed by atoms with van der Waals surface area (Å²) in [6, 6.07) is 5.50. The number of fused-ring (bicyclic) bond motifs is 1. The Kier molecular flexibility index (Phi) is 3.94. The summed E-state index contributed by atoms with van der Waals surface area (Å²) in [5.74, 6) is -0.750. The van der Waals surface area contributed by atoms with E-state index in [1.807, 2.05) is 6.92 Å². The molecule has 130 valence electrons. The number of carbonyl (C=O) groups excluding carboxylic acids is 1. The third-order valence-electron chi connectivity index (χ3n) is 3.75. The molecule has 0 aliphatic carbocycles. The Hall–Kier alpha value is -2.97. The summed E-state index contributed by atoms with van der Waals surface area (Å²) < 4.78 is 39.0. The van der Waals surface area contributed by atoms with E-state index in [1.54, 1.807) is 13.0 Å². The molecule has 1 amide bonds. The van der Waals surface area contributed by atoms with Crippen LogP contribution in [-0.2, 0) is 13.2 Å². The standard InChI is InChI=1S/C16H14F3N5O/c1-8-9(2)21-12-6-10(4-5-11(12)20-8)15(25)22-14-7-13(16(17,18)19)24(3)23-14/h4-7H,1-3H3,(H,22,23,25). The number of nitrogens with zero attached hydrogens (tertiary/aromatic N) is 4. The van der Waals surface area contributed by atoms with Crippen LogP contribution in [0, 0.1) is 13.8 Å². The summed E-state index contributed by atoms with van der Waals surface area (Å²) in [5.41, 5.74) is 2.01. The number of benzene rings is 1. The van der Waals surface area contributed by atoms with E-state index >= 15 is 0 Å². The van der Waals surface area contributed by atoms with Crippen LogP contribution in [0.2, 0.25) is 0 Å². The van der Waals surface area contributed by atoms with Crippen LogP contribution in [0.15, 0.2) is 24.3 Å². The smallest absolute Gasteiger partial charge is 0.305 e. The van der Waals surface area contributed by atoms with E-state index < -0.39 is 17.8 Å². The molecule has 3 rings (SSSR count). The minimum atomic E-state index is -4.54. The van der Waals surface area contributed by atoms with Gasteiger partial charge >= 0.3 is 6.18 Å². The number of aryl methyl sites for hydroxylation is 3. The number of carbonyl (C=O) groups is 1. The first-order valence-corrected chi connectivity index (χ1v) is 7.33. The van der Waals surface area contributed by atoms with Gasteiger partial charge in [-0.1, -0.05) is 0 Å². The van der Waals surface area contributed by atoms with Crippen molar-refractivity contribution in [2.24, 2.45) is 7.05 Å². The predicted octanol–water partition coefficient (Wildman–Crippen LogP) is 3.25. The first kappa shape index (κ1) is 16.9. The molecule has 1 aromatic carbocycles. The van der Waals surface area contributed by atoms with Gasteiger partial charge in [-0.3, -0.25) is 9.48 Å². The lowest BCUT2D eigenvalue weighted by Gasteiger charge is -2.05. The lowest BCUT2D eigenvalue weighted by molar-refractivity contribution is -0.143. The highest BCUT2D eigenvalue weighted by molar-refractivity contribution is 6.05. The minimum absolute atomic E-state index is 0.175. The van der Waals surface area contributed by atoms with Crippen molar-refractivity contribution in [2.45, 2.75) is 20.0 Å². The molecule has 0 unspecified atom stereocenters. The topological polar surface area (TPSA) is 72.7 Å². The van der Waals surface area contributed by atoms with E-state index in [4.69, 9.17) is 0 Å². The number of hydrogen-bond acceptors (Lipinski definition) is 4. The number of amides is 1. The molecule has 0 spiro atoms. The zero-order chi connectivity index (χ0) is 18.4. The molecule has 0 saturated carbocycles. The molecule has 0 aliphatic heterocycles. The fraction of sp³-hybridized carbons (Fsp3) is 0.250. The lowest BCUT2D eigenvalue weighted by Crippen LogP contribution is -2.12. The highest BCUT2D eigenvalue weighted by Crippen LogP contribution is 2.30. The summed E-state index contributed by atoms with van der Waals surface area (Å²) in [7, 11) is 1.16. The number of alkyl halides is 3. The third-order valence-corrected chi connectivity index (χ3v) is 3.75. The van der Waals surface area contributed by atoms with E-state index in [-0.39, 0.29) is 11.4 Å². The van der Waals surface area contributed by atoms with Crippen LogP contribution in [0.5, 0.6) is 0 Å². The van der Waals surface area contributed by atoms with Crippen LogP contribution in [0.3, 0.4) is 0 Å². The predicted molar refractivity (Wildman–Crippen MR) is 85.2 cm³/mol. The first-order chi connectivity index (χ1) is 11.6. The molecule has 1 N–H and O–H groups in total. The van der Waals surface area contributed by atoms with Crippen LogP contribution in [-0.4, -0.2) is 25.7 Å². The molecular formula is C16H14F3N5O. The number of anilines is 1. The zero-order valence-corrected chi connectivity index (χ0v) is 13.6. The average molecular weight is 349 g/mol. The van der Waals surface area contributed by atoms with Crippen molar-refractivity contribution >= 4 is 22.8 Å². The van der Waals surface area contributed by atoms with Gasteiger partial charge in [0, 0.05) is 18.7 Å². The van der Waals surface area contributed by atoms with E-state index in [1.165, 1.54) is 12.1 Å².